The van der Waals surface area contributed by atoms with E-state index >= 15 is 0 Å². The minimum Gasteiger partial charge on any atom is -0.462 e. The van der Waals surface area contributed by atoms with Crippen molar-refractivity contribution in [2.24, 2.45) is 22.5 Å². The molecule has 0 aromatic carbocycles. The fourth-order valence-electron chi connectivity index (χ4n) is 4.89. The number of primary amides is 1. The Balaban J connectivity index is 2.42. The molecule has 1 unspecified atom stereocenters. The quantitative estimate of drug-likeness (QED) is 0.796. The summed E-state index contributed by atoms with van der Waals surface area (Å²) in [5, 5.41) is 0. The van der Waals surface area contributed by atoms with Crippen LogP contribution in [0.25, 0.3) is 0 Å². The minimum atomic E-state index is -0.290. The Morgan fingerprint density at radius 1 is 1.24 bits per heavy atom. The van der Waals surface area contributed by atoms with Gasteiger partial charge in [-0.15, -0.1) is 0 Å². The lowest BCUT2D eigenvalue weighted by Crippen LogP contribution is -2.54. The van der Waals surface area contributed by atoms with E-state index in [0.717, 1.165) is 36.8 Å². The molecule has 3 atom stereocenters. The Bertz CT molecular complexity index is 506. The molecule has 2 aliphatic rings. The molecule has 0 aromatic heterocycles. The zero-order valence-corrected chi connectivity index (χ0v) is 13.8. The molecule has 0 heterocycles. The van der Waals surface area contributed by atoms with Crippen molar-refractivity contribution in [1.82, 2.24) is 0 Å². The molecule has 2 rings (SSSR count). The third kappa shape index (κ3) is 2.49. The molecule has 4 nitrogen and oxygen atoms in total. The Kier molecular flexibility index (Phi) is 3.94. The lowest BCUT2D eigenvalue weighted by Gasteiger charge is -2.56. The van der Waals surface area contributed by atoms with Crippen LogP contribution < -0.4 is 5.73 Å². The molecule has 0 spiro atoms. The monoisotopic (exact) mass is 293 g/mol. The molecule has 1 fully saturated rings. The summed E-state index contributed by atoms with van der Waals surface area (Å²) in [4.78, 5) is 23.3. The van der Waals surface area contributed by atoms with Gasteiger partial charge in [-0.2, -0.15) is 0 Å². The van der Waals surface area contributed by atoms with Gasteiger partial charge in [-0.3, -0.25) is 9.59 Å². The minimum absolute atomic E-state index is 0.0828. The number of hydrogen-bond donors (Lipinski definition) is 1. The fourth-order valence-corrected chi connectivity index (χ4v) is 4.89. The number of rotatable bonds is 2. The van der Waals surface area contributed by atoms with E-state index in [1.807, 2.05) is 6.92 Å². The van der Waals surface area contributed by atoms with Crippen molar-refractivity contribution in [2.45, 2.75) is 66.4 Å². The van der Waals surface area contributed by atoms with E-state index in [-0.39, 0.29) is 28.8 Å². The Morgan fingerprint density at radius 2 is 1.86 bits per heavy atom. The van der Waals surface area contributed by atoms with Crippen LogP contribution in [-0.4, -0.2) is 18.0 Å². The second kappa shape index (κ2) is 5.15. The summed E-state index contributed by atoms with van der Waals surface area (Å²) in [5.41, 5.74) is 7.26. The molecule has 0 aromatic rings. The van der Waals surface area contributed by atoms with Gasteiger partial charge in [-0.1, -0.05) is 26.3 Å². The smallest absolute Gasteiger partial charge is 0.302 e. The summed E-state index contributed by atoms with van der Waals surface area (Å²) in [6, 6.07) is 0. The third-order valence-electron chi connectivity index (χ3n) is 5.78. The van der Waals surface area contributed by atoms with Gasteiger partial charge in [0.25, 0.3) is 0 Å². The first-order valence-corrected chi connectivity index (χ1v) is 7.78. The highest BCUT2D eigenvalue weighted by molar-refractivity contribution is 5.94. The number of esters is 1. The predicted molar refractivity (Wildman–Crippen MR) is 81.3 cm³/mol. The molecule has 0 bridgehead atoms. The van der Waals surface area contributed by atoms with Gasteiger partial charge >= 0.3 is 5.97 Å². The van der Waals surface area contributed by atoms with Gasteiger partial charge in [0.05, 0.1) is 0 Å². The van der Waals surface area contributed by atoms with Crippen LogP contribution in [0, 0.1) is 16.7 Å². The molecule has 0 saturated heterocycles. The largest absolute Gasteiger partial charge is 0.462 e. The summed E-state index contributed by atoms with van der Waals surface area (Å²) >= 11 is 0. The Morgan fingerprint density at radius 3 is 2.38 bits per heavy atom. The Hall–Kier alpha value is -1.32. The molecule has 1 amide bonds. The molecule has 0 aliphatic heterocycles. The van der Waals surface area contributed by atoms with Crippen LogP contribution in [0.2, 0.25) is 0 Å². The van der Waals surface area contributed by atoms with Gasteiger partial charge in [-0.05, 0) is 38.5 Å². The van der Waals surface area contributed by atoms with Gasteiger partial charge in [0.15, 0.2) is 0 Å². The van der Waals surface area contributed by atoms with Gasteiger partial charge < -0.3 is 10.5 Å². The van der Waals surface area contributed by atoms with Crippen molar-refractivity contribution in [3.8, 4) is 0 Å². The van der Waals surface area contributed by atoms with Gasteiger partial charge in [0.2, 0.25) is 5.91 Å². The predicted octanol–water partition coefficient (Wildman–Crippen LogP) is 2.96. The molecule has 0 radical (unpaired) electrons. The maximum Gasteiger partial charge on any atom is 0.302 e. The number of fused-ring (bicyclic) bond motifs is 1. The number of carbonyl (C=O) groups excluding carboxylic acids is 2. The van der Waals surface area contributed by atoms with Crippen LogP contribution >= 0.6 is 0 Å². The first-order valence-electron chi connectivity index (χ1n) is 7.78. The molecular formula is C17H27NO3. The maximum atomic E-state index is 12.0. The van der Waals surface area contributed by atoms with Crippen LogP contribution in [-0.2, 0) is 14.3 Å². The standard InChI is InChI=1S/C17H27NO3/c1-10-6-7-12-16(3,4)13(21-11(2)19)8-9-17(12,5)14(10)15(18)20/h12-13H,6-9H2,1-5H3,(H2,18,20)/t12?,13-,17-/m0/s1. The van der Waals surface area contributed by atoms with Gasteiger partial charge in [-0.25, -0.2) is 0 Å². The van der Waals surface area contributed by atoms with Crippen molar-refractivity contribution in [1.29, 1.82) is 0 Å². The third-order valence-corrected chi connectivity index (χ3v) is 5.78. The summed E-state index contributed by atoms with van der Waals surface area (Å²) in [7, 11) is 0. The van der Waals surface area contributed by atoms with E-state index in [2.05, 4.69) is 20.8 Å². The highest BCUT2D eigenvalue weighted by Crippen LogP contribution is 2.59. The van der Waals surface area contributed by atoms with Crippen molar-refractivity contribution >= 4 is 11.9 Å². The normalized spacial score (nSPS) is 35.1. The second-order valence-electron chi connectivity index (χ2n) is 7.49. The number of allylic oxidation sites excluding steroid dienone is 1. The number of hydrogen-bond acceptors (Lipinski definition) is 3. The zero-order valence-electron chi connectivity index (χ0n) is 13.8. The molecule has 1 saturated carbocycles. The van der Waals surface area contributed by atoms with E-state index in [1.165, 1.54) is 6.92 Å². The summed E-state index contributed by atoms with van der Waals surface area (Å²) in [6.07, 6.45) is 3.46. The molecule has 2 N–H and O–H groups in total. The first-order chi connectivity index (χ1) is 9.60. The van der Waals surface area contributed by atoms with Gasteiger partial charge in [0.1, 0.15) is 6.10 Å². The summed E-state index contributed by atoms with van der Waals surface area (Å²) in [6.45, 7) is 9.95. The van der Waals surface area contributed by atoms with E-state index in [1.54, 1.807) is 0 Å². The van der Waals surface area contributed by atoms with Crippen LogP contribution in [0.1, 0.15) is 60.3 Å². The first kappa shape index (κ1) is 16.1. The topological polar surface area (TPSA) is 69.4 Å². The summed E-state index contributed by atoms with van der Waals surface area (Å²) < 4.78 is 5.55. The average Bonchev–Trinajstić information content (AvgIpc) is 2.31. The molecule has 21 heavy (non-hydrogen) atoms. The maximum absolute atomic E-state index is 12.0. The van der Waals surface area contributed by atoms with E-state index in [4.69, 9.17) is 10.5 Å². The van der Waals surface area contributed by atoms with Crippen molar-refractivity contribution in [3.63, 3.8) is 0 Å². The average molecular weight is 293 g/mol. The van der Waals surface area contributed by atoms with E-state index in [9.17, 15) is 9.59 Å². The molecule has 118 valence electrons. The zero-order chi connectivity index (χ0) is 16.0. The lowest BCUT2D eigenvalue weighted by molar-refractivity contribution is -0.167. The van der Waals surface area contributed by atoms with Crippen molar-refractivity contribution in [3.05, 3.63) is 11.1 Å². The fraction of sp³-hybridized carbons (Fsp3) is 0.765. The number of ether oxygens (including phenoxy) is 1. The van der Waals surface area contributed by atoms with Crippen molar-refractivity contribution < 1.29 is 14.3 Å². The van der Waals surface area contributed by atoms with Crippen LogP contribution in [0.3, 0.4) is 0 Å². The molecular weight excluding hydrogens is 266 g/mol. The SMILES string of the molecule is CC(=O)O[C@H]1CC[C@]2(C)C(C(N)=O)=C(C)CCC2C1(C)C. The number of carbonyl (C=O) groups is 2. The van der Waals surface area contributed by atoms with E-state index < -0.39 is 0 Å². The van der Waals surface area contributed by atoms with Crippen LogP contribution in [0.4, 0.5) is 0 Å². The van der Waals surface area contributed by atoms with Crippen LogP contribution in [0.5, 0.6) is 0 Å². The second-order valence-corrected chi connectivity index (χ2v) is 7.49. The van der Waals surface area contributed by atoms with Gasteiger partial charge in [0, 0.05) is 23.3 Å². The number of nitrogens with two attached hydrogens (primary N) is 1. The number of amides is 1. The van der Waals surface area contributed by atoms with Crippen LogP contribution in [0.15, 0.2) is 11.1 Å². The molecule has 2 aliphatic carbocycles. The Labute approximate surface area is 127 Å². The lowest BCUT2D eigenvalue weighted by atomic mass is 9.49. The van der Waals surface area contributed by atoms with Crippen molar-refractivity contribution in [2.75, 3.05) is 0 Å². The summed E-state index contributed by atoms with van der Waals surface area (Å²) in [5.74, 6) is -0.218. The molecule has 4 heteroatoms. The highest BCUT2D eigenvalue weighted by Gasteiger charge is 2.56. The highest BCUT2D eigenvalue weighted by atomic mass is 16.5. The van der Waals surface area contributed by atoms with E-state index in [0.29, 0.717) is 5.92 Å².